The van der Waals surface area contributed by atoms with Crippen LogP contribution in [0.1, 0.15) is 33.6 Å². The molecule has 0 atom stereocenters. The lowest BCUT2D eigenvalue weighted by Gasteiger charge is -2.30. The molecular weight excluding hydrogens is 288 g/mol. The van der Waals surface area contributed by atoms with Gasteiger partial charge in [0.25, 0.3) is 0 Å². The molecular formula is C15H24N2O3S. The van der Waals surface area contributed by atoms with Crippen LogP contribution in [0.3, 0.4) is 0 Å². The monoisotopic (exact) mass is 312 g/mol. The molecule has 0 aromatic heterocycles. The minimum atomic E-state index is -0.418. The first-order valence-corrected chi connectivity index (χ1v) is 8.44. The van der Waals surface area contributed by atoms with Gasteiger partial charge >= 0.3 is 5.69 Å². The maximum atomic E-state index is 11.0. The zero-order valence-electron chi connectivity index (χ0n) is 13.1. The molecule has 0 saturated carbocycles. The molecule has 0 unspecified atom stereocenters. The lowest BCUT2D eigenvalue weighted by molar-refractivity contribution is -0.385. The molecule has 0 amide bonds. The Hall–Kier alpha value is -1.43. The summed E-state index contributed by atoms with van der Waals surface area (Å²) in [5.74, 6) is 0.315. The van der Waals surface area contributed by atoms with Crippen molar-refractivity contribution in [3.63, 3.8) is 0 Å². The normalized spacial score (nSPS) is 11.2. The summed E-state index contributed by atoms with van der Waals surface area (Å²) >= 11 is 1.86. The van der Waals surface area contributed by atoms with Crippen molar-refractivity contribution in [2.24, 2.45) is 0 Å². The second kappa shape index (κ2) is 8.12. The van der Waals surface area contributed by atoms with Gasteiger partial charge in [-0.05, 0) is 32.1 Å². The van der Waals surface area contributed by atoms with Gasteiger partial charge in [-0.15, -0.1) is 0 Å². The molecule has 21 heavy (non-hydrogen) atoms. The summed E-state index contributed by atoms with van der Waals surface area (Å²) in [5.41, 5.74) is 0.855. The Morgan fingerprint density at radius 1 is 1.33 bits per heavy atom. The number of nitrogens with one attached hydrogen (secondary N) is 1. The Balaban J connectivity index is 2.89. The highest BCUT2D eigenvalue weighted by atomic mass is 32.2. The van der Waals surface area contributed by atoms with E-state index in [4.69, 9.17) is 4.74 Å². The van der Waals surface area contributed by atoms with Crippen LogP contribution in [0, 0.1) is 10.1 Å². The van der Waals surface area contributed by atoms with Gasteiger partial charge in [0.05, 0.1) is 11.5 Å². The van der Waals surface area contributed by atoms with Crippen molar-refractivity contribution in [3.8, 4) is 5.75 Å². The molecule has 0 aliphatic carbocycles. The third-order valence-electron chi connectivity index (χ3n) is 3.79. The Morgan fingerprint density at radius 2 is 2.00 bits per heavy atom. The molecule has 0 spiro atoms. The predicted octanol–water partition coefficient (Wildman–Crippen LogP) is 4.33. The number of hydrogen-bond donors (Lipinski definition) is 1. The highest BCUT2D eigenvalue weighted by molar-refractivity contribution is 8.00. The molecule has 0 bridgehead atoms. The van der Waals surface area contributed by atoms with Crippen LogP contribution in [-0.4, -0.2) is 29.1 Å². The van der Waals surface area contributed by atoms with Gasteiger partial charge in [0, 0.05) is 29.1 Å². The largest absolute Gasteiger partial charge is 0.487 e. The number of hydrogen-bond acceptors (Lipinski definition) is 5. The van der Waals surface area contributed by atoms with E-state index in [1.165, 1.54) is 6.07 Å². The van der Waals surface area contributed by atoms with E-state index in [0.717, 1.165) is 25.1 Å². The highest BCUT2D eigenvalue weighted by Crippen LogP contribution is 2.33. The summed E-state index contributed by atoms with van der Waals surface area (Å²) in [5, 5.41) is 14.3. The molecule has 0 saturated heterocycles. The average Bonchev–Trinajstić information content (AvgIpc) is 2.49. The number of thioether (sulfide) groups is 1. The molecule has 1 aromatic carbocycles. The molecule has 0 heterocycles. The van der Waals surface area contributed by atoms with Gasteiger partial charge in [-0.3, -0.25) is 10.1 Å². The van der Waals surface area contributed by atoms with E-state index in [1.54, 1.807) is 12.1 Å². The smallest absolute Gasteiger partial charge is 0.311 e. The van der Waals surface area contributed by atoms with Crippen molar-refractivity contribution >= 4 is 23.1 Å². The van der Waals surface area contributed by atoms with Crippen LogP contribution in [0.5, 0.6) is 5.75 Å². The van der Waals surface area contributed by atoms with Gasteiger partial charge in [-0.2, -0.15) is 11.8 Å². The minimum absolute atomic E-state index is 0.00418. The van der Waals surface area contributed by atoms with Gasteiger partial charge in [-0.25, -0.2) is 0 Å². The van der Waals surface area contributed by atoms with Gasteiger partial charge in [-0.1, -0.05) is 13.8 Å². The molecule has 1 aromatic rings. The number of nitro groups is 1. The molecule has 118 valence electrons. The number of rotatable bonds is 9. The Labute approximate surface area is 130 Å². The van der Waals surface area contributed by atoms with Crippen molar-refractivity contribution in [2.45, 2.75) is 38.4 Å². The third kappa shape index (κ3) is 4.52. The number of nitrogens with zero attached hydrogens (tertiary/aromatic N) is 1. The third-order valence-corrected chi connectivity index (χ3v) is 5.38. The van der Waals surface area contributed by atoms with E-state index < -0.39 is 4.92 Å². The second-order valence-corrected chi connectivity index (χ2v) is 6.09. The number of anilines is 1. The van der Waals surface area contributed by atoms with Crippen molar-refractivity contribution in [3.05, 3.63) is 28.3 Å². The molecule has 0 aliphatic heterocycles. The SMILES string of the molecule is CCOc1cc(NCC(CC)(CC)SC)ccc1[N+](=O)[O-]. The zero-order valence-corrected chi connectivity index (χ0v) is 14.0. The van der Waals surface area contributed by atoms with Crippen molar-refractivity contribution in [1.82, 2.24) is 0 Å². The first-order chi connectivity index (χ1) is 10.0. The second-order valence-electron chi connectivity index (χ2n) is 4.82. The van der Waals surface area contributed by atoms with E-state index in [-0.39, 0.29) is 10.4 Å². The first kappa shape index (κ1) is 17.6. The van der Waals surface area contributed by atoms with Crippen molar-refractivity contribution < 1.29 is 9.66 Å². The summed E-state index contributed by atoms with van der Waals surface area (Å²) < 4.78 is 5.55. The van der Waals surface area contributed by atoms with Crippen LogP contribution in [0.4, 0.5) is 11.4 Å². The topological polar surface area (TPSA) is 64.4 Å². The van der Waals surface area contributed by atoms with Crippen molar-refractivity contribution in [1.29, 1.82) is 0 Å². The van der Waals surface area contributed by atoms with Gasteiger partial charge in [0.15, 0.2) is 5.75 Å². The van der Waals surface area contributed by atoms with Crippen LogP contribution in [-0.2, 0) is 0 Å². The van der Waals surface area contributed by atoms with E-state index in [0.29, 0.717) is 12.4 Å². The van der Waals surface area contributed by atoms with Crippen LogP contribution in [0.25, 0.3) is 0 Å². The fourth-order valence-electron chi connectivity index (χ4n) is 2.17. The number of nitro benzene ring substituents is 1. The Bertz CT molecular complexity index is 468. The van der Waals surface area contributed by atoms with Gasteiger partial charge in [0.1, 0.15) is 0 Å². The van der Waals surface area contributed by atoms with Crippen LogP contribution >= 0.6 is 11.8 Å². The van der Waals surface area contributed by atoms with E-state index >= 15 is 0 Å². The number of ether oxygens (including phenoxy) is 1. The van der Waals surface area contributed by atoms with Gasteiger partial charge < -0.3 is 10.1 Å². The lowest BCUT2D eigenvalue weighted by Crippen LogP contribution is -2.31. The average molecular weight is 312 g/mol. The molecule has 0 fully saturated rings. The Morgan fingerprint density at radius 3 is 2.48 bits per heavy atom. The minimum Gasteiger partial charge on any atom is -0.487 e. The van der Waals surface area contributed by atoms with E-state index in [2.05, 4.69) is 25.4 Å². The summed E-state index contributed by atoms with van der Waals surface area (Å²) in [4.78, 5) is 10.5. The summed E-state index contributed by atoms with van der Waals surface area (Å²) in [7, 11) is 0. The highest BCUT2D eigenvalue weighted by Gasteiger charge is 2.25. The molecule has 0 aliphatic rings. The maximum Gasteiger partial charge on any atom is 0.311 e. The quantitative estimate of drug-likeness (QED) is 0.543. The van der Waals surface area contributed by atoms with Crippen LogP contribution in [0.15, 0.2) is 18.2 Å². The number of benzene rings is 1. The van der Waals surface area contributed by atoms with Gasteiger partial charge in [0.2, 0.25) is 0 Å². The maximum absolute atomic E-state index is 11.0. The predicted molar refractivity (Wildman–Crippen MR) is 89.6 cm³/mol. The van der Waals surface area contributed by atoms with Crippen LogP contribution < -0.4 is 10.1 Å². The van der Waals surface area contributed by atoms with Crippen LogP contribution in [0.2, 0.25) is 0 Å². The summed E-state index contributed by atoms with van der Waals surface area (Å²) in [6.07, 6.45) is 4.27. The zero-order chi connectivity index (χ0) is 15.9. The Kier molecular flexibility index (Phi) is 6.81. The molecule has 5 nitrogen and oxygen atoms in total. The molecule has 1 rings (SSSR count). The van der Waals surface area contributed by atoms with E-state index in [9.17, 15) is 10.1 Å². The summed E-state index contributed by atoms with van der Waals surface area (Å²) in [6, 6.07) is 4.93. The van der Waals surface area contributed by atoms with E-state index in [1.807, 2.05) is 18.7 Å². The summed E-state index contributed by atoms with van der Waals surface area (Å²) in [6.45, 7) is 7.41. The molecule has 0 radical (unpaired) electrons. The fraction of sp³-hybridized carbons (Fsp3) is 0.600. The molecule has 1 N–H and O–H groups in total. The standard InChI is InChI=1S/C15H24N2O3S/c1-5-15(6-2,21-4)11-16-12-8-9-13(17(18)19)14(10-12)20-7-3/h8-10,16H,5-7,11H2,1-4H3. The first-order valence-electron chi connectivity index (χ1n) is 7.22. The fourth-order valence-corrected chi connectivity index (χ4v) is 2.96. The molecule has 6 heteroatoms. The van der Waals surface area contributed by atoms with Crippen molar-refractivity contribution in [2.75, 3.05) is 24.7 Å². The lowest BCUT2D eigenvalue weighted by atomic mass is 10.0.